The molecule has 0 aromatic rings. The first kappa shape index (κ1) is 13.9. The van der Waals surface area contributed by atoms with Crippen LogP contribution in [0.15, 0.2) is 0 Å². The van der Waals surface area contributed by atoms with Gasteiger partial charge in [-0.2, -0.15) is 0 Å². The Balaban J connectivity index is 0. The summed E-state index contributed by atoms with van der Waals surface area (Å²) in [6.45, 7) is 14.4. The van der Waals surface area contributed by atoms with E-state index >= 15 is 0 Å². The summed E-state index contributed by atoms with van der Waals surface area (Å²) in [6.07, 6.45) is 0. The van der Waals surface area contributed by atoms with Crippen molar-refractivity contribution in [3.05, 3.63) is 0 Å². The van der Waals surface area contributed by atoms with E-state index in [-0.39, 0.29) is 1.43 Å². The second-order valence-corrected chi connectivity index (χ2v) is 15.3. The molecule has 0 spiro atoms. The van der Waals surface area contributed by atoms with Crippen molar-refractivity contribution in [2.45, 2.75) is 54.1 Å². The van der Waals surface area contributed by atoms with E-state index in [0.717, 1.165) is 17.8 Å². The van der Waals surface area contributed by atoms with E-state index in [2.05, 4.69) is 41.5 Å². The van der Waals surface area contributed by atoms with E-state index in [1.165, 1.54) is 0 Å². The first-order valence-corrected chi connectivity index (χ1v) is 13.4. The molecular formula is C12H28Hf-. The molecule has 1 heteroatoms. The number of hydrogen-bond donors (Lipinski definition) is 0. The molecule has 0 aromatic carbocycles. The van der Waals surface area contributed by atoms with Gasteiger partial charge in [0.1, 0.15) is 0 Å². The van der Waals surface area contributed by atoms with E-state index in [9.17, 15) is 0 Å². The Hall–Kier alpha value is 0.870. The predicted octanol–water partition coefficient (Wildman–Crippen LogP) is 4.94. The average Bonchev–Trinajstić information content (AvgIpc) is 1.80. The Labute approximate surface area is 94.5 Å². The molecule has 0 nitrogen and oxygen atoms in total. The third-order valence-corrected chi connectivity index (χ3v) is 17.1. The molecule has 0 fully saturated rings. The minimum absolute atomic E-state index is 0. The molecule has 0 atom stereocenters. The standard InChI is InChI=1S/3C4H9.Hf.H/c3*1-4(2)3;;/h3*4H,1H2,2-3H3;;/q;;;;-1. The van der Waals surface area contributed by atoms with Gasteiger partial charge in [0.25, 0.3) is 0 Å². The molecule has 13 heavy (non-hydrogen) atoms. The molecule has 0 amide bonds. The second kappa shape index (κ2) is 7.20. The summed E-state index contributed by atoms with van der Waals surface area (Å²) < 4.78 is 4.88. The van der Waals surface area contributed by atoms with Crippen LogP contribution in [0.5, 0.6) is 0 Å². The number of rotatable bonds is 6. The molecule has 0 aliphatic rings. The molecule has 0 rings (SSSR count). The van der Waals surface area contributed by atoms with Crippen LogP contribution in [0.3, 0.4) is 0 Å². The van der Waals surface area contributed by atoms with Gasteiger partial charge in [0.15, 0.2) is 0 Å². The summed E-state index contributed by atoms with van der Waals surface area (Å²) in [6, 6.07) is 0. The molecule has 81 valence electrons. The van der Waals surface area contributed by atoms with Gasteiger partial charge in [0.2, 0.25) is 0 Å². The third-order valence-electron chi connectivity index (χ3n) is 2.09. The van der Waals surface area contributed by atoms with Gasteiger partial charge in [-0.1, -0.05) is 0 Å². The Kier molecular flexibility index (Phi) is 7.68. The number of hydrogen-bond acceptors (Lipinski definition) is 0. The van der Waals surface area contributed by atoms with Crippen molar-refractivity contribution in [2.75, 3.05) is 0 Å². The zero-order valence-corrected chi connectivity index (χ0v) is 13.9. The Bertz CT molecular complexity index is 97.7. The Morgan fingerprint density at radius 3 is 1.08 bits per heavy atom. The average molecular weight is 351 g/mol. The van der Waals surface area contributed by atoms with E-state index in [4.69, 9.17) is 0 Å². The summed E-state index contributed by atoms with van der Waals surface area (Å²) in [4.78, 5) is 0. The SMILES string of the molecule is CC(C)[CH2][Hf]([CH2]C(C)C)[CH2]C(C)C.[H-]. The van der Waals surface area contributed by atoms with Gasteiger partial charge >= 0.3 is 93.3 Å². The predicted molar refractivity (Wildman–Crippen MR) is 60.0 cm³/mol. The van der Waals surface area contributed by atoms with E-state index < -0.39 is 21.4 Å². The molecule has 0 aliphatic heterocycles. The maximum atomic E-state index is 2.39. The fourth-order valence-corrected chi connectivity index (χ4v) is 16.2. The molecule has 0 unspecified atom stereocenters. The zero-order valence-electron chi connectivity index (χ0n) is 11.4. The zero-order chi connectivity index (χ0) is 10.4. The Morgan fingerprint density at radius 2 is 0.923 bits per heavy atom. The minimum Gasteiger partial charge on any atom is -1.00 e. The topological polar surface area (TPSA) is 0 Å². The summed E-state index contributed by atoms with van der Waals surface area (Å²) in [5.41, 5.74) is 0. The quantitative estimate of drug-likeness (QED) is 0.595. The minimum atomic E-state index is -1.14. The van der Waals surface area contributed by atoms with Crippen molar-refractivity contribution in [2.24, 2.45) is 17.8 Å². The first-order valence-electron chi connectivity index (χ1n) is 5.75. The summed E-state index contributed by atoms with van der Waals surface area (Å²) in [5, 5.41) is 0. The van der Waals surface area contributed by atoms with Crippen LogP contribution in [0.4, 0.5) is 0 Å². The monoisotopic (exact) mass is 352 g/mol. The van der Waals surface area contributed by atoms with Gasteiger partial charge in [0.05, 0.1) is 0 Å². The van der Waals surface area contributed by atoms with Crippen molar-refractivity contribution in [1.82, 2.24) is 0 Å². The summed E-state index contributed by atoms with van der Waals surface area (Å²) in [5.74, 6) is 2.87. The largest absolute Gasteiger partial charge is 1.00 e. The second-order valence-electron chi connectivity index (χ2n) is 5.54. The van der Waals surface area contributed by atoms with E-state index in [1.54, 1.807) is 12.5 Å². The van der Waals surface area contributed by atoms with E-state index in [1.807, 2.05) is 0 Å². The fourth-order valence-electron chi connectivity index (χ4n) is 1.98. The van der Waals surface area contributed by atoms with Crippen LogP contribution in [0, 0.1) is 17.8 Å². The maximum Gasteiger partial charge on any atom is -1.00 e. The molecular weight excluding hydrogens is 323 g/mol. The molecule has 0 saturated carbocycles. The van der Waals surface area contributed by atoms with Crippen LogP contribution < -0.4 is 0 Å². The van der Waals surface area contributed by atoms with E-state index in [0.29, 0.717) is 0 Å². The molecule has 0 radical (unpaired) electrons. The van der Waals surface area contributed by atoms with Gasteiger partial charge in [-0.15, -0.1) is 0 Å². The molecule has 0 aliphatic carbocycles. The van der Waals surface area contributed by atoms with Crippen molar-refractivity contribution in [1.29, 1.82) is 0 Å². The first-order chi connectivity index (χ1) is 5.91. The molecule has 0 heterocycles. The van der Waals surface area contributed by atoms with Gasteiger partial charge in [0, 0.05) is 0 Å². The fraction of sp³-hybridized carbons (Fsp3) is 1.00. The molecule has 0 bridgehead atoms. The Morgan fingerprint density at radius 1 is 0.692 bits per heavy atom. The van der Waals surface area contributed by atoms with Crippen molar-refractivity contribution >= 4 is 0 Å². The molecule has 0 saturated heterocycles. The van der Waals surface area contributed by atoms with Crippen LogP contribution in [-0.4, -0.2) is 0 Å². The normalized spacial score (nSPS) is 11.8. The van der Waals surface area contributed by atoms with Crippen LogP contribution >= 0.6 is 0 Å². The maximum absolute atomic E-state index is 2.39. The third kappa shape index (κ3) is 9.18. The summed E-state index contributed by atoms with van der Waals surface area (Å²) in [7, 11) is 0. The van der Waals surface area contributed by atoms with Crippen LogP contribution in [-0.2, 0) is 21.4 Å². The van der Waals surface area contributed by atoms with Crippen LogP contribution in [0.1, 0.15) is 43.0 Å². The van der Waals surface area contributed by atoms with Crippen molar-refractivity contribution in [3.63, 3.8) is 0 Å². The molecule has 0 aromatic heterocycles. The van der Waals surface area contributed by atoms with Gasteiger partial charge in [-0.05, 0) is 0 Å². The molecule has 0 N–H and O–H groups in total. The van der Waals surface area contributed by atoms with Gasteiger partial charge < -0.3 is 1.43 Å². The van der Waals surface area contributed by atoms with Crippen molar-refractivity contribution < 1.29 is 22.9 Å². The van der Waals surface area contributed by atoms with Crippen LogP contribution in [0.2, 0.25) is 12.5 Å². The van der Waals surface area contributed by atoms with Gasteiger partial charge in [-0.25, -0.2) is 0 Å². The van der Waals surface area contributed by atoms with Gasteiger partial charge in [-0.3, -0.25) is 0 Å². The summed E-state index contributed by atoms with van der Waals surface area (Å²) >= 11 is -1.14. The smallest absolute Gasteiger partial charge is 1.00 e. The van der Waals surface area contributed by atoms with Crippen molar-refractivity contribution in [3.8, 4) is 0 Å². The van der Waals surface area contributed by atoms with Crippen LogP contribution in [0.25, 0.3) is 0 Å².